The number of likely N-dealkylation sites (N-methyl/N-ethyl adjacent to an activating group) is 1. The van der Waals surface area contributed by atoms with Crippen molar-refractivity contribution in [2.75, 3.05) is 26.4 Å². The highest BCUT2D eigenvalue weighted by Crippen LogP contribution is 2.29. The molecule has 0 saturated heterocycles. The van der Waals surface area contributed by atoms with Gasteiger partial charge in [-0.1, -0.05) is 6.07 Å². The Morgan fingerprint density at radius 3 is 2.35 bits per heavy atom. The van der Waals surface area contributed by atoms with Gasteiger partial charge < -0.3 is 10.5 Å². The number of nitrogens with zero attached hydrogens (tertiary/aromatic N) is 1. The van der Waals surface area contributed by atoms with Gasteiger partial charge in [0.05, 0.1) is 12.0 Å². The summed E-state index contributed by atoms with van der Waals surface area (Å²) in [4.78, 5) is 11.4. The summed E-state index contributed by atoms with van der Waals surface area (Å²) in [5, 5.41) is 0. The molecule has 2 N–H and O–H groups in total. The normalized spacial score (nSPS) is 11.7. The highest BCUT2D eigenvalue weighted by atomic mass is 32.2. The molecule has 0 aliphatic carbocycles. The van der Waals surface area contributed by atoms with E-state index >= 15 is 0 Å². The monoisotopic (exact) mass is 300 g/mol. The van der Waals surface area contributed by atoms with Crippen LogP contribution in [0.2, 0.25) is 0 Å². The molecule has 7 heteroatoms. The number of nitrogens with two attached hydrogens (primary N) is 1. The first kappa shape index (κ1) is 16.5. The van der Waals surface area contributed by atoms with E-state index in [0.717, 1.165) is 9.87 Å². The lowest BCUT2D eigenvalue weighted by atomic mass is 10.1. The lowest BCUT2D eigenvalue weighted by Crippen LogP contribution is -2.33. The van der Waals surface area contributed by atoms with Gasteiger partial charge >= 0.3 is 5.97 Å². The third kappa shape index (κ3) is 2.94. The molecule has 1 aromatic carbocycles. The molecule has 0 bridgehead atoms. The number of ether oxygens (including phenoxy) is 1. The summed E-state index contributed by atoms with van der Waals surface area (Å²) in [6.07, 6.45) is 0. The lowest BCUT2D eigenvalue weighted by Gasteiger charge is -2.20. The van der Waals surface area contributed by atoms with Gasteiger partial charge in [0.1, 0.15) is 6.54 Å². The Kier molecular flexibility index (Phi) is 4.77. The van der Waals surface area contributed by atoms with Gasteiger partial charge in [-0.05, 0) is 37.5 Å². The van der Waals surface area contributed by atoms with E-state index in [1.54, 1.807) is 19.9 Å². The maximum absolute atomic E-state index is 12.6. The summed E-state index contributed by atoms with van der Waals surface area (Å²) >= 11 is 0. The molecule has 20 heavy (non-hydrogen) atoms. The molecule has 0 amide bonds. The van der Waals surface area contributed by atoms with E-state index < -0.39 is 16.0 Å². The van der Waals surface area contributed by atoms with E-state index in [1.807, 2.05) is 6.92 Å². The molecular weight excluding hydrogens is 280 g/mol. The largest absolute Gasteiger partial charge is 0.468 e. The SMILES string of the molecule is COC(=O)CN(C)S(=O)(=O)c1c(C)cc(C)c(N)c1C. The Balaban J connectivity index is 3.37. The third-order valence-corrected chi connectivity index (χ3v) is 5.30. The molecule has 0 heterocycles. The van der Waals surface area contributed by atoms with E-state index in [9.17, 15) is 13.2 Å². The van der Waals surface area contributed by atoms with Crippen LogP contribution in [0.25, 0.3) is 0 Å². The van der Waals surface area contributed by atoms with Gasteiger partial charge in [0.25, 0.3) is 0 Å². The van der Waals surface area contributed by atoms with Gasteiger partial charge in [-0.3, -0.25) is 4.79 Å². The quantitative estimate of drug-likeness (QED) is 0.661. The number of rotatable bonds is 4. The van der Waals surface area contributed by atoms with Crippen molar-refractivity contribution in [3.8, 4) is 0 Å². The number of sulfonamides is 1. The molecule has 0 aromatic heterocycles. The summed E-state index contributed by atoms with van der Waals surface area (Å²) in [5.41, 5.74) is 8.28. The van der Waals surface area contributed by atoms with Crippen LogP contribution in [0.15, 0.2) is 11.0 Å². The van der Waals surface area contributed by atoms with E-state index in [2.05, 4.69) is 4.74 Å². The second kappa shape index (κ2) is 5.80. The molecule has 1 aromatic rings. The number of methoxy groups -OCH3 is 1. The van der Waals surface area contributed by atoms with Crippen LogP contribution in [-0.2, 0) is 19.6 Å². The number of hydrogen-bond acceptors (Lipinski definition) is 5. The van der Waals surface area contributed by atoms with Crippen LogP contribution in [0, 0.1) is 20.8 Å². The Morgan fingerprint density at radius 2 is 1.85 bits per heavy atom. The Labute approximate surface area is 119 Å². The lowest BCUT2D eigenvalue weighted by molar-refractivity contribution is -0.140. The van der Waals surface area contributed by atoms with Crippen molar-refractivity contribution in [1.82, 2.24) is 4.31 Å². The Bertz CT molecular complexity index is 638. The van der Waals surface area contributed by atoms with Gasteiger partial charge in [0.15, 0.2) is 0 Å². The standard InChI is InChI=1S/C13H20N2O4S/c1-8-6-9(2)13(10(3)12(8)14)20(17,18)15(4)7-11(16)19-5/h6H,7,14H2,1-5H3. The van der Waals surface area contributed by atoms with E-state index in [0.29, 0.717) is 16.8 Å². The molecule has 0 aliphatic heterocycles. The smallest absolute Gasteiger partial charge is 0.321 e. The highest BCUT2D eigenvalue weighted by molar-refractivity contribution is 7.89. The van der Waals surface area contributed by atoms with Crippen LogP contribution in [0.3, 0.4) is 0 Å². The van der Waals surface area contributed by atoms with Crippen LogP contribution in [-0.4, -0.2) is 39.4 Å². The fourth-order valence-corrected chi connectivity index (χ4v) is 3.62. The van der Waals surface area contributed by atoms with Crippen molar-refractivity contribution in [1.29, 1.82) is 0 Å². The minimum absolute atomic E-state index is 0.145. The zero-order valence-corrected chi connectivity index (χ0v) is 13.2. The number of carbonyl (C=O) groups excluding carboxylic acids is 1. The van der Waals surface area contributed by atoms with Crippen LogP contribution in [0.4, 0.5) is 5.69 Å². The van der Waals surface area contributed by atoms with E-state index in [-0.39, 0.29) is 11.4 Å². The van der Waals surface area contributed by atoms with Crippen molar-refractivity contribution in [3.63, 3.8) is 0 Å². The van der Waals surface area contributed by atoms with Gasteiger partial charge in [-0.2, -0.15) is 4.31 Å². The molecular formula is C13H20N2O4S. The Morgan fingerprint density at radius 1 is 1.30 bits per heavy atom. The van der Waals surface area contributed by atoms with Crippen molar-refractivity contribution in [2.45, 2.75) is 25.7 Å². The number of nitrogen functional groups attached to an aromatic ring is 1. The molecule has 6 nitrogen and oxygen atoms in total. The molecule has 0 radical (unpaired) electrons. The van der Waals surface area contributed by atoms with Crippen LogP contribution in [0.5, 0.6) is 0 Å². The second-order valence-electron chi connectivity index (χ2n) is 4.72. The predicted molar refractivity (Wildman–Crippen MR) is 76.9 cm³/mol. The molecule has 112 valence electrons. The zero-order chi connectivity index (χ0) is 15.7. The van der Waals surface area contributed by atoms with Gasteiger partial charge in [-0.15, -0.1) is 0 Å². The number of carbonyl (C=O) groups is 1. The maximum atomic E-state index is 12.6. The van der Waals surface area contributed by atoms with Gasteiger partial charge in [-0.25, -0.2) is 8.42 Å². The van der Waals surface area contributed by atoms with Crippen molar-refractivity contribution < 1.29 is 17.9 Å². The fraction of sp³-hybridized carbons (Fsp3) is 0.462. The summed E-state index contributed by atoms with van der Waals surface area (Å²) < 4.78 is 30.5. The zero-order valence-electron chi connectivity index (χ0n) is 12.4. The first-order valence-corrected chi connectivity index (χ1v) is 7.46. The van der Waals surface area contributed by atoms with Crippen molar-refractivity contribution >= 4 is 21.7 Å². The van der Waals surface area contributed by atoms with E-state index in [1.165, 1.54) is 14.2 Å². The molecule has 0 spiro atoms. The molecule has 0 atom stereocenters. The average molecular weight is 300 g/mol. The third-order valence-electron chi connectivity index (χ3n) is 3.21. The fourth-order valence-electron chi connectivity index (χ4n) is 2.07. The van der Waals surface area contributed by atoms with Gasteiger partial charge in [0.2, 0.25) is 10.0 Å². The summed E-state index contributed by atoms with van der Waals surface area (Å²) in [6, 6.07) is 1.72. The highest BCUT2D eigenvalue weighted by Gasteiger charge is 2.28. The van der Waals surface area contributed by atoms with E-state index in [4.69, 9.17) is 5.73 Å². The molecule has 1 rings (SSSR count). The molecule has 0 fully saturated rings. The summed E-state index contributed by atoms with van der Waals surface area (Å²) in [6.45, 7) is 4.85. The van der Waals surface area contributed by atoms with Gasteiger partial charge in [0, 0.05) is 12.7 Å². The minimum Gasteiger partial charge on any atom is -0.468 e. The number of anilines is 1. The average Bonchev–Trinajstić information content (AvgIpc) is 2.35. The van der Waals surface area contributed by atoms with Crippen molar-refractivity contribution in [3.05, 3.63) is 22.8 Å². The summed E-state index contributed by atoms with van der Waals surface area (Å²) in [5.74, 6) is -0.619. The number of esters is 1. The van der Waals surface area contributed by atoms with Crippen molar-refractivity contribution in [2.24, 2.45) is 0 Å². The summed E-state index contributed by atoms with van der Waals surface area (Å²) in [7, 11) is -1.25. The first-order valence-electron chi connectivity index (χ1n) is 6.02. The second-order valence-corrected chi connectivity index (χ2v) is 6.70. The number of aryl methyl sites for hydroxylation is 2. The maximum Gasteiger partial charge on any atom is 0.321 e. The predicted octanol–water partition coefficient (Wildman–Crippen LogP) is 0.988. The Hall–Kier alpha value is -1.60. The van der Waals surface area contributed by atoms with Crippen LogP contribution >= 0.6 is 0 Å². The molecule has 0 saturated carbocycles. The number of benzene rings is 1. The van der Waals surface area contributed by atoms with Crippen LogP contribution < -0.4 is 5.73 Å². The molecule has 0 aliphatic rings. The number of hydrogen-bond donors (Lipinski definition) is 1. The minimum atomic E-state index is -3.79. The topological polar surface area (TPSA) is 89.7 Å². The molecule has 0 unspecified atom stereocenters. The van der Waals surface area contributed by atoms with Crippen LogP contribution in [0.1, 0.15) is 16.7 Å². The first-order chi connectivity index (χ1) is 9.12.